The molecule has 2 aliphatic heterocycles. The highest BCUT2D eigenvalue weighted by atomic mass is 16.8. The lowest BCUT2D eigenvalue weighted by Crippen LogP contribution is -2.66. The topological polar surface area (TPSA) is 70.9 Å². The van der Waals surface area contributed by atoms with Gasteiger partial charge in [0.05, 0.1) is 23.2 Å². The molecule has 0 saturated carbocycles. The molecule has 150 valence electrons. The molecule has 2 N–H and O–H groups in total. The van der Waals surface area contributed by atoms with Crippen molar-refractivity contribution in [2.75, 3.05) is 13.2 Å². The average molecular weight is 378 g/mol. The van der Waals surface area contributed by atoms with Crippen molar-refractivity contribution >= 4 is 5.97 Å². The fourth-order valence-corrected chi connectivity index (χ4v) is 4.55. The van der Waals surface area contributed by atoms with Crippen LogP contribution in [0, 0.1) is 0 Å². The number of nitrogens with zero attached hydrogens (tertiary/aromatic N) is 1. The van der Waals surface area contributed by atoms with Gasteiger partial charge in [0.2, 0.25) is 0 Å². The normalized spacial score (nSPS) is 29.7. The lowest BCUT2D eigenvalue weighted by molar-refractivity contribution is -0.327. The lowest BCUT2D eigenvalue weighted by atomic mass is 9.73. The number of rotatable bonds is 5. The Morgan fingerprint density at radius 1 is 1.22 bits per heavy atom. The van der Waals surface area contributed by atoms with Crippen LogP contribution < -0.4 is 0 Å². The summed E-state index contributed by atoms with van der Waals surface area (Å²) in [7, 11) is 0. The van der Waals surface area contributed by atoms with Gasteiger partial charge in [0.15, 0.2) is 5.79 Å². The molecule has 1 aromatic rings. The van der Waals surface area contributed by atoms with Crippen LogP contribution in [0.15, 0.2) is 30.3 Å². The zero-order valence-electron chi connectivity index (χ0n) is 16.8. The van der Waals surface area contributed by atoms with E-state index >= 15 is 0 Å². The lowest BCUT2D eigenvalue weighted by Gasteiger charge is -2.53. The third-order valence-electron chi connectivity index (χ3n) is 6.02. The maximum absolute atomic E-state index is 12.2. The Balaban J connectivity index is 1.66. The fraction of sp³-hybridized carbons (Fsp3) is 0.667. The second kappa shape index (κ2) is 7.51. The van der Waals surface area contributed by atoms with Crippen LogP contribution in [0.25, 0.3) is 0 Å². The van der Waals surface area contributed by atoms with Gasteiger partial charge in [-0.15, -0.1) is 0 Å². The summed E-state index contributed by atoms with van der Waals surface area (Å²) in [6.45, 7) is 8.95. The number of hydroxylamine groups is 2. The molecule has 1 aromatic carbocycles. The van der Waals surface area contributed by atoms with Crippen molar-refractivity contribution in [1.82, 2.24) is 5.06 Å². The quantitative estimate of drug-likeness (QED) is 0.582. The Bertz CT molecular complexity index is 658. The first-order valence-corrected chi connectivity index (χ1v) is 9.81. The van der Waals surface area contributed by atoms with E-state index in [9.17, 15) is 4.79 Å². The predicted octanol–water partition coefficient (Wildman–Crippen LogP) is 3.03. The van der Waals surface area contributed by atoms with Gasteiger partial charge in [0.1, 0.15) is 12.7 Å². The predicted molar refractivity (Wildman–Crippen MR) is 102 cm³/mol. The molecule has 0 amide bonds. The summed E-state index contributed by atoms with van der Waals surface area (Å²) in [6, 6.07) is 8.96. The van der Waals surface area contributed by atoms with E-state index < -0.39 is 5.79 Å². The van der Waals surface area contributed by atoms with Gasteiger partial charge in [-0.2, -0.15) is 0 Å². The Morgan fingerprint density at radius 2 is 1.89 bits per heavy atom. The first kappa shape index (κ1) is 20.3. The van der Waals surface area contributed by atoms with E-state index in [0.717, 1.165) is 12.8 Å². The maximum atomic E-state index is 12.2. The van der Waals surface area contributed by atoms with Gasteiger partial charge in [-0.05, 0) is 38.8 Å². The fourth-order valence-electron chi connectivity index (χ4n) is 4.55. The molecule has 0 bridgehead atoms. The largest absolute Gasteiger partial charge is 0.459 e. The van der Waals surface area contributed by atoms with Crippen LogP contribution >= 0.6 is 0 Å². The minimum absolute atomic E-state index is 0.172. The molecule has 3 rings (SSSR count). The molecule has 0 aliphatic carbocycles. The van der Waals surface area contributed by atoms with Crippen molar-refractivity contribution in [1.29, 1.82) is 0 Å². The zero-order valence-corrected chi connectivity index (χ0v) is 16.8. The van der Waals surface area contributed by atoms with Crippen molar-refractivity contribution in [3.8, 4) is 0 Å². The number of benzene rings is 1. The van der Waals surface area contributed by atoms with Crippen molar-refractivity contribution < 1.29 is 24.2 Å². The summed E-state index contributed by atoms with van der Waals surface area (Å²) in [5, 5.41) is 10.4. The second-order valence-corrected chi connectivity index (χ2v) is 8.36. The van der Waals surface area contributed by atoms with Crippen LogP contribution in [0.2, 0.25) is 0 Å². The van der Waals surface area contributed by atoms with E-state index in [4.69, 9.17) is 19.4 Å². The summed E-state index contributed by atoms with van der Waals surface area (Å²) in [5.41, 5.74) is -0.109. The van der Waals surface area contributed by atoms with E-state index in [1.807, 2.05) is 18.2 Å². The van der Waals surface area contributed by atoms with Crippen LogP contribution in [0.3, 0.4) is 0 Å². The van der Waals surface area contributed by atoms with E-state index in [-0.39, 0.29) is 29.8 Å². The minimum atomic E-state index is -0.711. The Kier molecular flexibility index (Phi) is 5.64. The molecule has 6 nitrogen and oxygen atoms in total. The first-order valence-electron chi connectivity index (χ1n) is 9.81. The number of carbonyl (C=O) groups is 1. The van der Waals surface area contributed by atoms with Crippen molar-refractivity contribution in [3.63, 3.8) is 0 Å². The van der Waals surface area contributed by atoms with Gasteiger partial charge in [0, 0.05) is 12.8 Å². The zero-order chi connectivity index (χ0) is 19.7. The molecule has 6 heteroatoms. The number of piperidine rings is 1. The monoisotopic (exact) mass is 378 g/mol. The molecule has 2 atom stereocenters. The maximum Gasteiger partial charge on any atom is 0.338 e. The highest BCUT2D eigenvalue weighted by molar-refractivity contribution is 5.89. The SMILES string of the molecule is CCC1(CC)CC2(CC(C)(C)N1[OH2+])OCC(COC(=O)c1ccccc1)O2. The molecule has 2 saturated heterocycles. The van der Waals surface area contributed by atoms with Gasteiger partial charge in [-0.3, -0.25) is 0 Å². The molecule has 27 heavy (non-hydrogen) atoms. The number of hydrogen-bond acceptors (Lipinski definition) is 5. The van der Waals surface area contributed by atoms with Gasteiger partial charge < -0.3 is 19.4 Å². The van der Waals surface area contributed by atoms with E-state index in [1.54, 1.807) is 17.2 Å². The smallest absolute Gasteiger partial charge is 0.338 e. The summed E-state index contributed by atoms with van der Waals surface area (Å²) in [5.74, 6) is -1.06. The van der Waals surface area contributed by atoms with Crippen LogP contribution in [0.1, 0.15) is 63.7 Å². The molecule has 2 aliphatic rings. The molecule has 1 spiro atoms. The van der Waals surface area contributed by atoms with Crippen LogP contribution in [0.5, 0.6) is 0 Å². The highest BCUT2D eigenvalue weighted by Crippen LogP contribution is 2.49. The molecular formula is C21H32NO5+. The Labute approximate surface area is 161 Å². The third-order valence-corrected chi connectivity index (χ3v) is 6.02. The second-order valence-electron chi connectivity index (χ2n) is 8.36. The average Bonchev–Trinajstić information content (AvgIpc) is 3.05. The van der Waals surface area contributed by atoms with Crippen molar-refractivity contribution in [3.05, 3.63) is 35.9 Å². The van der Waals surface area contributed by atoms with E-state index in [2.05, 4.69) is 27.7 Å². The van der Waals surface area contributed by atoms with Gasteiger partial charge in [-0.1, -0.05) is 37.1 Å². The summed E-state index contributed by atoms with van der Waals surface area (Å²) < 4.78 is 17.9. The van der Waals surface area contributed by atoms with Crippen LogP contribution in [0.4, 0.5) is 0 Å². The number of esters is 1. The number of hydrogen-bond donors (Lipinski definition) is 0. The first-order chi connectivity index (χ1) is 12.8. The number of carbonyl (C=O) groups excluding carboxylic acids is 1. The van der Waals surface area contributed by atoms with Gasteiger partial charge in [-0.25, -0.2) is 4.79 Å². The van der Waals surface area contributed by atoms with Gasteiger partial charge in [0.25, 0.3) is 0 Å². The molecule has 2 heterocycles. The van der Waals surface area contributed by atoms with Crippen LogP contribution in [-0.4, -0.2) is 52.4 Å². The standard InChI is InChI=1S/C21H31NO5/c1-5-20(6-2)15-21(14-19(3,4)22(20)24)26-13-17(27-21)12-25-18(23)16-10-8-7-9-11-16/h7-11,17,24H,5-6,12-15H2,1-4H3/p+1. The van der Waals surface area contributed by atoms with Crippen molar-refractivity contribution in [2.24, 2.45) is 0 Å². The minimum Gasteiger partial charge on any atom is -0.459 e. The molecule has 2 fully saturated rings. The number of ether oxygens (including phenoxy) is 3. The molecular weight excluding hydrogens is 346 g/mol. The Morgan fingerprint density at radius 3 is 2.52 bits per heavy atom. The molecule has 0 radical (unpaired) electrons. The summed E-state index contributed by atoms with van der Waals surface area (Å²) in [6.07, 6.45) is 2.71. The summed E-state index contributed by atoms with van der Waals surface area (Å²) >= 11 is 0. The Hall–Kier alpha value is -1.47. The van der Waals surface area contributed by atoms with E-state index in [1.165, 1.54) is 0 Å². The molecule has 0 aromatic heterocycles. The van der Waals surface area contributed by atoms with E-state index in [0.29, 0.717) is 25.0 Å². The van der Waals surface area contributed by atoms with Gasteiger partial charge >= 0.3 is 5.97 Å². The third kappa shape index (κ3) is 3.90. The van der Waals surface area contributed by atoms with Crippen LogP contribution in [-0.2, 0) is 14.2 Å². The summed E-state index contributed by atoms with van der Waals surface area (Å²) in [4.78, 5) is 12.2. The molecule has 2 unspecified atom stereocenters. The van der Waals surface area contributed by atoms with Crippen molar-refractivity contribution in [2.45, 2.75) is 76.3 Å². The highest BCUT2D eigenvalue weighted by Gasteiger charge is 2.61.